The summed E-state index contributed by atoms with van der Waals surface area (Å²) in [5, 5.41) is 13.6. The van der Waals surface area contributed by atoms with Gasteiger partial charge in [-0.15, -0.1) is 51.7 Å². The maximum atomic E-state index is 11.4. The number of amides is 1. The number of carboxylic acid groups (broad SMARTS) is 1. The molecule has 0 aromatic heterocycles. The van der Waals surface area contributed by atoms with Crippen LogP contribution in [0.2, 0.25) is 0 Å². The number of terminal acetylenes is 3. The molecular formula is C45H69NO3S. The Hall–Kier alpha value is -3.33. The number of carbonyl (C=O) groups is 2. The summed E-state index contributed by atoms with van der Waals surface area (Å²) in [7, 11) is 0.994. The number of nitrogens with one attached hydrogen (secondary N) is 1. The van der Waals surface area contributed by atoms with E-state index in [-0.39, 0.29) is 5.41 Å². The number of hydrogen-bond donors (Lipinski definition) is 2. The molecule has 6 rings (SSSR count). The molecule has 0 bridgehead atoms. The number of hydrogen-bond acceptors (Lipinski definition) is 2. The van der Waals surface area contributed by atoms with Crippen molar-refractivity contribution in [2.24, 2.45) is 33.5 Å². The Balaban J connectivity index is 0.00000152. The van der Waals surface area contributed by atoms with Crippen LogP contribution in [0.3, 0.4) is 0 Å². The molecular weight excluding hydrogens is 635 g/mol. The third-order valence-corrected chi connectivity index (χ3v) is 18.4. The highest BCUT2D eigenvalue weighted by molar-refractivity contribution is 8.34. The quantitative estimate of drug-likeness (QED) is 0.187. The maximum Gasteiger partial charge on any atom is 0.335 e. The predicted octanol–water partition coefficient (Wildman–Crippen LogP) is 10.7. The van der Waals surface area contributed by atoms with Gasteiger partial charge in [-0.1, -0.05) is 73.1 Å². The van der Waals surface area contributed by atoms with Crippen LogP contribution in [0.4, 0.5) is 0 Å². The van der Waals surface area contributed by atoms with Crippen molar-refractivity contribution in [3.05, 3.63) is 54.6 Å². The number of carbonyl (C=O) groups excluding carboxylic acids is 1. The van der Waals surface area contributed by atoms with E-state index in [0.29, 0.717) is 34.1 Å². The molecule has 2 N–H and O–H groups in total. The second-order valence-corrected chi connectivity index (χ2v) is 19.3. The normalized spacial score (nSPS) is 35.9. The third kappa shape index (κ3) is 8.41. The zero-order valence-electron chi connectivity index (χ0n) is 32.9. The van der Waals surface area contributed by atoms with Crippen molar-refractivity contribution in [2.75, 3.05) is 19.1 Å². The molecule has 2 saturated carbocycles. The molecule has 278 valence electrons. The smallest absolute Gasteiger partial charge is 0.335 e. The van der Waals surface area contributed by atoms with Crippen molar-refractivity contribution in [3.8, 4) is 38.5 Å². The van der Waals surface area contributed by atoms with E-state index >= 15 is 0 Å². The highest BCUT2D eigenvalue weighted by Gasteiger charge is 2.66. The molecule has 5 unspecified atom stereocenters. The highest BCUT2D eigenvalue weighted by atomic mass is 32.3. The van der Waals surface area contributed by atoms with Crippen LogP contribution in [0.15, 0.2) is 43.5 Å². The second kappa shape index (κ2) is 19.9. The summed E-state index contributed by atoms with van der Waals surface area (Å²) in [6.45, 7) is 23.0. The van der Waals surface area contributed by atoms with Crippen LogP contribution < -0.4 is 5.32 Å². The van der Waals surface area contributed by atoms with Crippen molar-refractivity contribution < 1.29 is 14.7 Å². The van der Waals surface area contributed by atoms with E-state index in [0.717, 1.165) is 16.4 Å². The van der Waals surface area contributed by atoms with Crippen LogP contribution in [-0.4, -0.2) is 47.0 Å². The molecule has 5 aliphatic rings. The van der Waals surface area contributed by atoms with Gasteiger partial charge in [-0.3, -0.25) is 4.79 Å². The van der Waals surface area contributed by atoms with Crippen molar-refractivity contribution in [2.45, 2.75) is 117 Å². The topological polar surface area (TPSA) is 66.4 Å². The molecule has 8 atom stereocenters. The minimum Gasteiger partial charge on any atom is -0.478 e. The molecule has 50 heavy (non-hydrogen) atoms. The number of allylic oxidation sites excluding steroid dienone is 2. The van der Waals surface area contributed by atoms with Gasteiger partial charge in [0.2, 0.25) is 6.41 Å². The molecule has 1 amide bonds. The number of rotatable bonds is 3. The van der Waals surface area contributed by atoms with Gasteiger partial charge in [0.15, 0.2) is 0 Å². The average molecular weight is 704 g/mol. The van der Waals surface area contributed by atoms with Gasteiger partial charge in [-0.05, 0) is 131 Å². The lowest BCUT2D eigenvalue weighted by molar-refractivity contribution is -0.109. The molecule has 2 heterocycles. The van der Waals surface area contributed by atoms with Gasteiger partial charge < -0.3 is 10.4 Å². The lowest BCUT2D eigenvalue weighted by Crippen LogP contribution is -2.63. The van der Waals surface area contributed by atoms with E-state index in [1.54, 1.807) is 19.2 Å². The van der Waals surface area contributed by atoms with Gasteiger partial charge in [0.1, 0.15) is 0 Å². The number of benzene rings is 1. The molecule has 2 aliphatic heterocycles. The Labute approximate surface area is 309 Å². The lowest BCUT2D eigenvalue weighted by Gasteiger charge is -2.72. The largest absolute Gasteiger partial charge is 0.478 e. The van der Waals surface area contributed by atoms with Crippen molar-refractivity contribution in [3.63, 3.8) is 0 Å². The third-order valence-electron chi connectivity index (χ3n) is 13.1. The fraction of sp³-hybridized carbons (Fsp3) is 0.600. The Kier molecular flexibility index (Phi) is 18.6. The first kappa shape index (κ1) is 46.7. The summed E-state index contributed by atoms with van der Waals surface area (Å²) in [5.74, 6) is 2.19. The van der Waals surface area contributed by atoms with E-state index in [9.17, 15) is 9.90 Å². The summed E-state index contributed by atoms with van der Waals surface area (Å²) in [6.07, 6.45) is 42.8. The van der Waals surface area contributed by atoms with Gasteiger partial charge in [0.25, 0.3) is 0 Å². The first-order valence-electron chi connectivity index (χ1n) is 18.2. The van der Waals surface area contributed by atoms with Crippen LogP contribution in [0.25, 0.3) is 5.57 Å². The monoisotopic (exact) mass is 703 g/mol. The Morgan fingerprint density at radius 3 is 1.88 bits per heavy atom. The Morgan fingerprint density at radius 2 is 1.38 bits per heavy atom. The summed E-state index contributed by atoms with van der Waals surface area (Å²) in [5.41, 5.74) is 4.64. The molecule has 1 aromatic carbocycles. The average Bonchev–Trinajstić information content (AvgIpc) is 3.55. The molecule has 2 saturated heterocycles. The molecule has 1 aromatic rings. The lowest BCUT2D eigenvalue weighted by atomic mass is 9.42. The molecule has 0 radical (unpaired) electrons. The predicted molar refractivity (Wildman–Crippen MR) is 221 cm³/mol. The fourth-order valence-corrected chi connectivity index (χ4v) is 17.6. The van der Waals surface area contributed by atoms with Crippen LogP contribution in [0.5, 0.6) is 0 Å². The van der Waals surface area contributed by atoms with Crippen molar-refractivity contribution in [1.29, 1.82) is 0 Å². The summed E-state index contributed by atoms with van der Waals surface area (Å²) in [4.78, 5) is 20.5. The highest BCUT2D eigenvalue weighted by Crippen LogP contribution is 2.79. The molecule has 5 heteroatoms. The summed E-state index contributed by atoms with van der Waals surface area (Å²) >= 11 is 0. The van der Waals surface area contributed by atoms with Gasteiger partial charge in [0.05, 0.1) is 5.56 Å². The fourth-order valence-electron chi connectivity index (χ4n) is 11.5. The minimum atomic E-state index is -0.843. The minimum absolute atomic E-state index is 0.100. The second-order valence-electron chi connectivity index (χ2n) is 15.3. The van der Waals surface area contributed by atoms with Gasteiger partial charge >= 0.3 is 5.97 Å². The van der Waals surface area contributed by atoms with Gasteiger partial charge in [0, 0.05) is 7.05 Å². The van der Waals surface area contributed by atoms with Gasteiger partial charge in [-0.2, -0.15) is 0 Å². The molecule has 4 nitrogen and oxygen atoms in total. The zero-order chi connectivity index (χ0) is 39.1. The van der Waals surface area contributed by atoms with Crippen LogP contribution in [-0.2, 0) is 4.79 Å². The van der Waals surface area contributed by atoms with E-state index in [1.807, 2.05) is 26.0 Å². The van der Waals surface area contributed by atoms with Crippen molar-refractivity contribution >= 4 is 28.0 Å². The Morgan fingerprint density at radius 1 is 0.840 bits per heavy atom. The van der Waals surface area contributed by atoms with Crippen LogP contribution in [0.1, 0.15) is 122 Å². The van der Waals surface area contributed by atoms with Crippen molar-refractivity contribution in [1.82, 2.24) is 5.32 Å². The summed E-state index contributed by atoms with van der Waals surface area (Å²) in [6, 6.07) is 7.65. The van der Waals surface area contributed by atoms with E-state index < -0.39 is 16.0 Å². The number of carboxylic acids is 1. The Bertz CT molecular complexity index is 1310. The SMILES string of the molecule is C#C.C#C.C#C.C=C.CC.CC1(C)C(c2ccc(C(=O)O)cc2)=CC[C@@]2(C)C1CC[C@]1(C)C2CCS2(C)C3CCC[C@]3(C)CCC12.CNC=O. The van der Waals surface area contributed by atoms with Crippen LogP contribution >= 0.6 is 10.0 Å². The molecule has 3 aliphatic carbocycles. The summed E-state index contributed by atoms with van der Waals surface area (Å²) < 4.78 is 0. The van der Waals surface area contributed by atoms with E-state index in [4.69, 9.17) is 4.79 Å². The maximum absolute atomic E-state index is 11.4. The number of aromatic carboxylic acids is 1. The van der Waals surface area contributed by atoms with Crippen LogP contribution in [0, 0.1) is 72.0 Å². The first-order chi connectivity index (χ1) is 23.8. The van der Waals surface area contributed by atoms with E-state index in [1.165, 1.54) is 74.7 Å². The van der Waals surface area contributed by atoms with Gasteiger partial charge in [-0.25, -0.2) is 14.8 Å². The standard InChI is InChI=1S/C33H48O2S.C2H5NO.C2H6.C2H4.3C2H2/c1-30(2)24(22-9-11-23(12-10-22)29(34)35)13-19-32(4)25(30)14-20-33(5)26(32)16-21-36(6)27-8-7-17-31(27,3)18-15-28(33)36;1-3-2-4;5*1-2/h9-13,25-28H,7-8,14-21H2,1-6H3,(H,34,35);2H,1H3,(H,3,4);1-2H3;1-2H2;3*1-2H/t25?,26?,27?,28?,31-,32+,33-;;;;;;/m1....../s1. The first-order valence-corrected chi connectivity index (χ1v) is 20.5. The number of fused-ring (bicyclic) bond motifs is 7. The van der Waals surface area contributed by atoms with E-state index in [2.05, 4.69) is 104 Å². The molecule has 4 fully saturated rings. The molecule has 0 spiro atoms. The zero-order valence-corrected chi connectivity index (χ0v) is 33.7.